The first kappa shape index (κ1) is 17.5. The molecule has 1 amide bonds. The highest BCUT2D eigenvalue weighted by atomic mass is 35.5. The first-order valence-corrected chi connectivity index (χ1v) is 9.00. The minimum Gasteiger partial charge on any atom is -0.507 e. The summed E-state index contributed by atoms with van der Waals surface area (Å²) in [6.45, 7) is 0.0972. The molecule has 0 atom stereocenters. The van der Waals surface area contributed by atoms with Crippen LogP contribution in [0, 0.1) is 5.82 Å². The average Bonchev–Trinajstić information content (AvgIpc) is 3.37. The number of halogens is 2. The zero-order valence-electron chi connectivity index (χ0n) is 14.3. The molecular weight excluding hydrogens is 369 g/mol. The number of benzene rings is 2. The fourth-order valence-corrected chi connectivity index (χ4v) is 3.24. The van der Waals surface area contributed by atoms with Gasteiger partial charge in [0.05, 0.1) is 12.2 Å². The number of para-hydroxylation sites is 1. The van der Waals surface area contributed by atoms with E-state index in [1.54, 1.807) is 41.3 Å². The lowest BCUT2D eigenvalue weighted by molar-refractivity contribution is 0.0722. The van der Waals surface area contributed by atoms with Gasteiger partial charge in [0.25, 0.3) is 5.91 Å². The molecule has 1 aliphatic rings. The van der Waals surface area contributed by atoms with Crippen LogP contribution in [0.5, 0.6) is 5.75 Å². The van der Waals surface area contributed by atoms with Gasteiger partial charge in [0.15, 0.2) is 0 Å². The van der Waals surface area contributed by atoms with E-state index in [0.29, 0.717) is 21.8 Å². The van der Waals surface area contributed by atoms with Crippen LogP contribution in [-0.4, -0.2) is 32.2 Å². The highest BCUT2D eigenvalue weighted by Gasteiger charge is 2.34. The van der Waals surface area contributed by atoms with Crippen molar-refractivity contribution in [1.29, 1.82) is 0 Å². The second kappa shape index (κ2) is 7.04. The van der Waals surface area contributed by atoms with Crippen molar-refractivity contribution in [2.75, 3.05) is 0 Å². The Morgan fingerprint density at radius 1 is 1.26 bits per heavy atom. The van der Waals surface area contributed by atoms with Crippen LogP contribution in [0.3, 0.4) is 0 Å². The Hall–Kier alpha value is -2.86. The van der Waals surface area contributed by atoms with Crippen molar-refractivity contribution >= 4 is 17.5 Å². The molecule has 0 bridgehead atoms. The Morgan fingerprint density at radius 2 is 2.04 bits per heavy atom. The molecule has 4 rings (SSSR count). The van der Waals surface area contributed by atoms with Gasteiger partial charge in [-0.2, -0.15) is 5.10 Å². The van der Waals surface area contributed by atoms with Gasteiger partial charge in [-0.25, -0.2) is 4.39 Å². The fraction of sp³-hybridized carbons (Fsp3) is 0.200. The van der Waals surface area contributed by atoms with Gasteiger partial charge in [-0.1, -0.05) is 29.8 Å². The summed E-state index contributed by atoms with van der Waals surface area (Å²) in [7, 11) is 0. The summed E-state index contributed by atoms with van der Waals surface area (Å²) in [5.41, 5.74) is 1.59. The van der Waals surface area contributed by atoms with E-state index in [1.807, 2.05) is 0 Å². The van der Waals surface area contributed by atoms with Gasteiger partial charge in [0, 0.05) is 22.2 Å². The van der Waals surface area contributed by atoms with Crippen LogP contribution in [0.25, 0.3) is 11.3 Å². The van der Waals surface area contributed by atoms with Crippen LogP contribution in [0.4, 0.5) is 4.39 Å². The van der Waals surface area contributed by atoms with Crippen LogP contribution >= 0.6 is 11.6 Å². The van der Waals surface area contributed by atoms with E-state index < -0.39 is 5.82 Å². The van der Waals surface area contributed by atoms with E-state index in [2.05, 4.69) is 10.2 Å². The SMILES string of the molecule is O=C(c1cc(-c2ccccc2O)n[nH]1)N(Cc1c(F)cccc1Cl)C1CC1. The predicted molar refractivity (Wildman–Crippen MR) is 100.0 cm³/mol. The number of hydrogen-bond acceptors (Lipinski definition) is 3. The van der Waals surface area contributed by atoms with Gasteiger partial charge in [-0.3, -0.25) is 9.89 Å². The van der Waals surface area contributed by atoms with Crippen LogP contribution in [0.2, 0.25) is 5.02 Å². The second-order valence-electron chi connectivity index (χ2n) is 6.55. The molecule has 5 nitrogen and oxygen atoms in total. The molecule has 138 valence electrons. The number of phenols is 1. The third-order valence-corrected chi connectivity index (χ3v) is 4.98. The summed E-state index contributed by atoms with van der Waals surface area (Å²) >= 11 is 6.13. The average molecular weight is 386 g/mol. The Morgan fingerprint density at radius 3 is 2.74 bits per heavy atom. The molecule has 1 saturated carbocycles. The van der Waals surface area contributed by atoms with Gasteiger partial charge in [0.2, 0.25) is 0 Å². The number of nitrogens with one attached hydrogen (secondary N) is 1. The smallest absolute Gasteiger partial charge is 0.272 e. The Balaban J connectivity index is 1.61. The maximum absolute atomic E-state index is 14.2. The molecular formula is C20H17ClFN3O2. The maximum atomic E-state index is 14.2. The molecule has 0 aliphatic heterocycles. The number of aromatic amines is 1. The number of hydrogen-bond donors (Lipinski definition) is 2. The largest absolute Gasteiger partial charge is 0.507 e. The van der Waals surface area contributed by atoms with Gasteiger partial charge >= 0.3 is 0 Å². The van der Waals surface area contributed by atoms with Gasteiger partial charge in [0.1, 0.15) is 17.3 Å². The molecule has 0 unspecified atom stereocenters. The zero-order valence-corrected chi connectivity index (χ0v) is 15.1. The quantitative estimate of drug-likeness (QED) is 0.684. The monoisotopic (exact) mass is 385 g/mol. The molecule has 2 N–H and O–H groups in total. The lowest BCUT2D eigenvalue weighted by atomic mass is 10.1. The number of amides is 1. The summed E-state index contributed by atoms with van der Waals surface area (Å²) in [5.74, 6) is -0.619. The Kier molecular flexibility index (Phi) is 4.58. The molecule has 0 spiro atoms. The molecule has 1 fully saturated rings. The molecule has 1 heterocycles. The number of carbonyl (C=O) groups is 1. The molecule has 3 aromatic rings. The zero-order chi connectivity index (χ0) is 19.0. The highest BCUT2D eigenvalue weighted by Crippen LogP contribution is 2.33. The van der Waals surface area contributed by atoms with Crippen LogP contribution < -0.4 is 0 Å². The predicted octanol–water partition coefficient (Wildman–Crippen LogP) is 4.38. The number of aromatic nitrogens is 2. The van der Waals surface area contributed by atoms with Gasteiger partial charge < -0.3 is 10.0 Å². The summed E-state index contributed by atoms with van der Waals surface area (Å²) < 4.78 is 14.2. The number of carbonyl (C=O) groups excluding carboxylic acids is 1. The molecule has 2 aromatic carbocycles. The minimum atomic E-state index is -0.430. The van der Waals surface area contributed by atoms with Crippen molar-refractivity contribution in [3.8, 4) is 17.0 Å². The minimum absolute atomic E-state index is 0.0602. The summed E-state index contributed by atoms with van der Waals surface area (Å²) in [5, 5.41) is 17.1. The molecule has 1 aliphatic carbocycles. The van der Waals surface area contributed by atoms with Crippen LogP contribution in [0.15, 0.2) is 48.5 Å². The molecule has 0 saturated heterocycles. The maximum Gasteiger partial charge on any atom is 0.272 e. The number of nitrogens with zero attached hydrogens (tertiary/aromatic N) is 2. The first-order valence-electron chi connectivity index (χ1n) is 8.62. The van der Waals surface area contributed by atoms with E-state index in [-0.39, 0.29) is 29.9 Å². The van der Waals surface area contributed by atoms with Crippen LogP contribution in [-0.2, 0) is 6.54 Å². The second-order valence-corrected chi connectivity index (χ2v) is 6.96. The van der Waals surface area contributed by atoms with Crippen molar-refractivity contribution < 1.29 is 14.3 Å². The molecule has 27 heavy (non-hydrogen) atoms. The molecule has 0 radical (unpaired) electrons. The van der Waals surface area contributed by atoms with E-state index in [1.165, 1.54) is 12.1 Å². The van der Waals surface area contributed by atoms with E-state index in [0.717, 1.165) is 12.8 Å². The lowest BCUT2D eigenvalue weighted by Gasteiger charge is -2.22. The van der Waals surface area contributed by atoms with E-state index >= 15 is 0 Å². The normalized spacial score (nSPS) is 13.6. The summed E-state index contributed by atoms with van der Waals surface area (Å²) in [6.07, 6.45) is 1.75. The lowest BCUT2D eigenvalue weighted by Crippen LogP contribution is -2.33. The molecule has 1 aromatic heterocycles. The fourth-order valence-electron chi connectivity index (χ4n) is 3.02. The first-order chi connectivity index (χ1) is 13.0. The number of H-pyrrole nitrogens is 1. The van der Waals surface area contributed by atoms with Gasteiger partial charge in [-0.15, -0.1) is 0 Å². The summed E-state index contributed by atoms with van der Waals surface area (Å²) in [4.78, 5) is 14.6. The Labute approximate surface area is 160 Å². The summed E-state index contributed by atoms with van der Waals surface area (Å²) in [6, 6.07) is 12.9. The van der Waals surface area contributed by atoms with E-state index in [9.17, 15) is 14.3 Å². The Bertz CT molecular complexity index is 980. The number of rotatable bonds is 5. The standard InChI is InChI=1S/C20H17ClFN3O2/c21-15-5-3-6-16(22)14(15)11-25(12-8-9-12)20(27)18-10-17(23-24-18)13-4-1-2-7-19(13)26/h1-7,10,12,26H,8-9,11H2,(H,23,24). The topological polar surface area (TPSA) is 69.2 Å². The van der Waals surface area contributed by atoms with Crippen molar-refractivity contribution in [3.63, 3.8) is 0 Å². The van der Waals surface area contributed by atoms with Crippen molar-refractivity contribution in [3.05, 3.63) is 70.6 Å². The number of phenolic OH excluding ortho intramolecular Hbond substituents is 1. The van der Waals surface area contributed by atoms with Crippen LogP contribution in [0.1, 0.15) is 28.9 Å². The number of aromatic hydroxyl groups is 1. The third kappa shape index (κ3) is 3.53. The van der Waals surface area contributed by atoms with Crippen molar-refractivity contribution in [2.24, 2.45) is 0 Å². The van der Waals surface area contributed by atoms with E-state index in [4.69, 9.17) is 11.6 Å². The van der Waals surface area contributed by atoms with Crippen molar-refractivity contribution in [1.82, 2.24) is 15.1 Å². The third-order valence-electron chi connectivity index (χ3n) is 4.63. The van der Waals surface area contributed by atoms with Gasteiger partial charge in [-0.05, 0) is 43.2 Å². The van der Waals surface area contributed by atoms with Crippen molar-refractivity contribution in [2.45, 2.75) is 25.4 Å². The molecule has 7 heteroatoms. The highest BCUT2D eigenvalue weighted by molar-refractivity contribution is 6.31.